The monoisotopic (exact) mass is 600 g/mol. The molecule has 0 aliphatic carbocycles. The fourth-order valence-electron chi connectivity index (χ4n) is 3.10. The molecule has 0 spiro atoms. The van der Waals surface area contributed by atoms with E-state index in [-0.39, 0.29) is 12.1 Å². The molecule has 3 aromatic carbocycles. The van der Waals surface area contributed by atoms with Crippen molar-refractivity contribution < 1.29 is 39.0 Å². The molecule has 3 aromatic rings. The van der Waals surface area contributed by atoms with Gasteiger partial charge in [-0.2, -0.15) is 0 Å². The number of nitro benzene ring substituents is 1. The number of nitro groups is 1. The van der Waals surface area contributed by atoms with Crippen LogP contribution in [0.15, 0.2) is 72.8 Å². The summed E-state index contributed by atoms with van der Waals surface area (Å²) in [6, 6.07) is 19.4. The highest BCUT2D eigenvalue weighted by Gasteiger charge is 2.09. The van der Waals surface area contributed by atoms with E-state index in [1.54, 1.807) is 38.5 Å². The number of aldehydes is 1. The number of ether oxygens (including phenoxy) is 2. The van der Waals surface area contributed by atoms with E-state index in [1.807, 2.05) is 24.3 Å². The maximum Gasteiger partial charge on any atom is 0.320 e. The number of nitrogens with zero attached hydrogens (tertiary/aromatic N) is 1. The van der Waals surface area contributed by atoms with E-state index >= 15 is 0 Å². The number of para-hydroxylation sites is 1. The molecule has 0 bridgehead atoms. The van der Waals surface area contributed by atoms with Crippen molar-refractivity contribution in [3.8, 4) is 11.5 Å². The molecule has 13 nitrogen and oxygen atoms in total. The lowest BCUT2D eigenvalue weighted by Gasteiger charge is -2.03. The summed E-state index contributed by atoms with van der Waals surface area (Å²) in [5, 5.41) is 26.9. The van der Waals surface area contributed by atoms with Crippen molar-refractivity contribution in [2.75, 3.05) is 20.8 Å². The molecule has 1 atom stereocenters. The van der Waals surface area contributed by atoms with Crippen molar-refractivity contribution in [3.63, 3.8) is 0 Å². The van der Waals surface area contributed by atoms with Crippen LogP contribution in [0.25, 0.3) is 0 Å². The molecule has 0 radical (unpaired) electrons. The molecule has 3 rings (SSSR count). The Bertz CT molecular complexity index is 1210. The van der Waals surface area contributed by atoms with E-state index < -0.39 is 22.9 Å². The molecule has 0 heterocycles. The Kier molecular flexibility index (Phi) is 20.2. The predicted octanol–water partition coefficient (Wildman–Crippen LogP) is 3.41. The number of hydrogen-bond acceptors (Lipinski definition) is 10. The first-order valence-corrected chi connectivity index (χ1v) is 13.1. The van der Waals surface area contributed by atoms with Crippen LogP contribution in [0.5, 0.6) is 11.5 Å². The Labute approximate surface area is 250 Å². The maximum absolute atomic E-state index is 10.3. The Balaban J connectivity index is 0.000000549. The van der Waals surface area contributed by atoms with Crippen LogP contribution in [0.3, 0.4) is 0 Å². The zero-order chi connectivity index (χ0) is 32.6. The summed E-state index contributed by atoms with van der Waals surface area (Å²) >= 11 is 0. The molecular formula is C30H40N4O9. The Morgan fingerprint density at radius 2 is 1.53 bits per heavy atom. The molecule has 0 aliphatic heterocycles. The molecule has 0 fully saturated rings. The van der Waals surface area contributed by atoms with Crippen molar-refractivity contribution in [3.05, 3.63) is 99.6 Å². The van der Waals surface area contributed by atoms with Crippen LogP contribution in [-0.4, -0.2) is 60.2 Å². The van der Waals surface area contributed by atoms with E-state index in [9.17, 15) is 24.5 Å². The van der Waals surface area contributed by atoms with Crippen molar-refractivity contribution in [2.45, 2.75) is 38.3 Å². The molecule has 0 aromatic heterocycles. The zero-order valence-electron chi connectivity index (χ0n) is 24.3. The highest BCUT2D eigenvalue weighted by molar-refractivity contribution is 5.75. The molecule has 43 heavy (non-hydrogen) atoms. The van der Waals surface area contributed by atoms with E-state index in [4.69, 9.17) is 36.9 Å². The number of carbonyl (C=O) groups is 3. The van der Waals surface area contributed by atoms with Gasteiger partial charge in [0.15, 0.2) is 0 Å². The van der Waals surface area contributed by atoms with Crippen LogP contribution in [0.2, 0.25) is 0 Å². The van der Waals surface area contributed by atoms with Gasteiger partial charge in [-0.1, -0.05) is 36.8 Å². The van der Waals surface area contributed by atoms with Crippen LogP contribution < -0.4 is 26.7 Å². The van der Waals surface area contributed by atoms with Crippen LogP contribution in [0.4, 0.5) is 5.69 Å². The van der Waals surface area contributed by atoms with Gasteiger partial charge in [-0.15, -0.1) is 0 Å². The summed E-state index contributed by atoms with van der Waals surface area (Å²) in [5.74, 6) is -0.147. The van der Waals surface area contributed by atoms with E-state index in [0.29, 0.717) is 31.4 Å². The highest BCUT2D eigenvalue weighted by Crippen LogP contribution is 2.15. The second-order valence-corrected chi connectivity index (χ2v) is 8.63. The van der Waals surface area contributed by atoms with Gasteiger partial charge < -0.3 is 36.9 Å². The van der Waals surface area contributed by atoms with Gasteiger partial charge in [0.25, 0.3) is 5.69 Å². The third-order valence-electron chi connectivity index (χ3n) is 5.45. The van der Waals surface area contributed by atoms with Crippen LogP contribution in [0, 0.1) is 10.1 Å². The Morgan fingerprint density at radius 3 is 1.95 bits per heavy atom. The van der Waals surface area contributed by atoms with Gasteiger partial charge in [0.2, 0.25) is 0 Å². The summed E-state index contributed by atoms with van der Waals surface area (Å²) in [7, 11) is 3.22. The number of carbonyl (C=O) groups excluding carboxylic acids is 1. The van der Waals surface area contributed by atoms with Crippen molar-refractivity contribution >= 4 is 23.9 Å². The quantitative estimate of drug-likeness (QED) is 0.0871. The first-order chi connectivity index (χ1) is 20.5. The molecule has 0 unspecified atom stereocenters. The van der Waals surface area contributed by atoms with Gasteiger partial charge in [-0.25, -0.2) is 0 Å². The van der Waals surface area contributed by atoms with Gasteiger partial charge >= 0.3 is 11.9 Å². The lowest BCUT2D eigenvalue weighted by atomic mass is 10.1. The summed E-state index contributed by atoms with van der Waals surface area (Å²) in [6.45, 7) is 1.14. The van der Waals surface area contributed by atoms with Crippen LogP contribution >= 0.6 is 0 Å². The second-order valence-electron chi connectivity index (χ2n) is 8.63. The summed E-state index contributed by atoms with van der Waals surface area (Å²) in [6.07, 6.45) is 2.87. The first-order valence-electron chi connectivity index (χ1n) is 13.1. The van der Waals surface area contributed by atoms with Gasteiger partial charge in [-0.05, 0) is 55.3 Å². The fraction of sp³-hybridized carbons (Fsp3) is 0.300. The predicted molar refractivity (Wildman–Crippen MR) is 162 cm³/mol. The highest BCUT2D eigenvalue weighted by atomic mass is 16.6. The number of non-ortho nitro benzene ring substituents is 1. The molecule has 0 amide bonds. The molecule has 234 valence electrons. The van der Waals surface area contributed by atoms with Crippen LogP contribution in [0.1, 0.15) is 40.7 Å². The van der Waals surface area contributed by atoms with Gasteiger partial charge in [0.1, 0.15) is 23.8 Å². The lowest BCUT2D eigenvalue weighted by Crippen LogP contribution is -2.29. The largest absolute Gasteiger partial charge is 0.497 e. The normalized spacial score (nSPS) is 10.2. The van der Waals surface area contributed by atoms with Crippen molar-refractivity contribution in [2.24, 2.45) is 17.2 Å². The number of carboxylic acid groups (broad SMARTS) is 2. The molecule has 13 heteroatoms. The lowest BCUT2D eigenvalue weighted by molar-refractivity contribution is -0.384. The van der Waals surface area contributed by atoms with Crippen molar-refractivity contribution in [1.29, 1.82) is 0 Å². The van der Waals surface area contributed by atoms with Crippen molar-refractivity contribution in [1.82, 2.24) is 0 Å². The third-order valence-corrected chi connectivity index (χ3v) is 5.45. The van der Waals surface area contributed by atoms with Gasteiger partial charge in [-0.3, -0.25) is 24.5 Å². The minimum atomic E-state index is -0.933. The molecule has 8 N–H and O–H groups in total. The first kappa shape index (κ1) is 38.1. The summed E-state index contributed by atoms with van der Waals surface area (Å²) in [4.78, 5) is 40.2. The Hall–Kier alpha value is -4.85. The number of nitrogens with two attached hydrogens (primary N) is 3. The molecule has 0 saturated carbocycles. The SMILES string of the molecule is COc1ccc(CC(=O)O)cc1.COc1ccccc1CN.NCCCC[C@H](N)C(=O)O.O=Cc1ccc([N+](=O)[O-])cc1. The number of hydrogen-bond donors (Lipinski definition) is 5. The number of unbranched alkanes of at least 4 members (excludes halogenated alkanes) is 1. The van der Waals surface area contributed by atoms with E-state index in [1.165, 1.54) is 24.3 Å². The third kappa shape index (κ3) is 17.5. The number of benzene rings is 3. The van der Waals surface area contributed by atoms with Gasteiger partial charge in [0.05, 0.1) is 25.6 Å². The van der Waals surface area contributed by atoms with Crippen LogP contribution in [-0.2, 0) is 22.6 Å². The minimum absolute atomic E-state index is 0.00407. The fourth-order valence-corrected chi connectivity index (χ4v) is 3.10. The topological polar surface area (TPSA) is 231 Å². The molecule has 0 saturated heterocycles. The average Bonchev–Trinajstić information content (AvgIpc) is 3.02. The standard InChI is InChI=1S/C9H10O3.C8H11NO.C7H5NO3.C6H14N2O2/c1-12-8-4-2-7(3-5-8)6-9(10)11;1-10-8-5-3-2-4-7(8)6-9;9-5-6-1-3-7(4-2-6)8(10)11;7-4-2-1-3-5(8)6(9)10/h2-5H,6H2,1H3,(H,10,11);2-5H,6,9H2,1H3;1-5H;5H,1-4,7-8H2,(H,9,10)/t;;;5-/m...0/s1. The average molecular weight is 601 g/mol. The number of rotatable bonds is 12. The molecule has 0 aliphatic rings. The molecular weight excluding hydrogens is 560 g/mol. The summed E-state index contributed by atoms with van der Waals surface area (Å²) in [5.41, 5.74) is 18.1. The maximum atomic E-state index is 10.3. The Morgan fingerprint density at radius 1 is 0.930 bits per heavy atom. The van der Waals surface area contributed by atoms with E-state index in [0.717, 1.165) is 35.5 Å². The van der Waals surface area contributed by atoms with E-state index in [2.05, 4.69) is 0 Å². The number of aliphatic carboxylic acids is 2. The second kappa shape index (κ2) is 22.8. The summed E-state index contributed by atoms with van der Waals surface area (Å²) < 4.78 is 9.98. The minimum Gasteiger partial charge on any atom is -0.497 e. The number of carboxylic acids is 2. The smallest absolute Gasteiger partial charge is 0.320 e. The van der Waals surface area contributed by atoms with Gasteiger partial charge in [0, 0.05) is 29.8 Å². The number of methoxy groups -OCH3 is 2. The zero-order valence-corrected chi connectivity index (χ0v) is 24.3.